The Balaban J connectivity index is 1.95. The molecule has 92 valence electrons. The van der Waals surface area contributed by atoms with Gasteiger partial charge in [0.1, 0.15) is 6.04 Å². The van der Waals surface area contributed by atoms with Gasteiger partial charge in [-0.2, -0.15) is 0 Å². The lowest BCUT2D eigenvalue weighted by molar-refractivity contribution is -0.120. The fraction of sp³-hybridized carbons (Fsp3) is 0.833. The van der Waals surface area contributed by atoms with E-state index in [-0.39, 0.29) is 18.0 Å². The van der Waals surface area contributed by atoms with Gasteiger partial charge in [0.05, 0.1) is 0 Å². The number of carbonyl (C=O) groups is 2. The molecular weight excluding hydrogens is 204 g/mol. The lowest BCUT2D eigenvalue weighted by Gasteiger charge is -2.06. The molecule has 4 heteroatoms. The van der Waals surface area contributed by atoms with Crippen molar-refractivity contribution in [1.29, 1.82) is 0 Å². The highest BCUT2D eigenvalue weighted by Gasteiger charge is 2.28. The first-order chi connectivity index (χ1) is 7.74. The van der Waals surface area contributed by atoms with E-state index in [4.69, 9.17) is 0 Å². The maximum Gasteiger partial charge on any atom is 0.322 e. The molecule has 0 bridgehead atoms. The van der Waals surface area contributed by atoms with Gasteiger partial charge in [0.25, 0.3) is 5.91 Å². The number of hydrogen-bond donors (Lipinski definition) is 2. The number of rotatable bonds is 8. The van der Waals surface area contributed by atoms with Gasteiger partial charge in [0, 0.05) is 0 Å². The molecule has 0 radical (unpaired) electrons. The van der Waals surface area contributed by atoms with E-state index in [1.54, 1.807) is 0 Å². The molecule has 1 atom stereocenters. The second-order valence-corrected chi connectivity index (χ2v) is 4.43. The fourth-order valence-corrected chi connectivity index (χ4v) is 1.97. The second-order valence-electron chi connectivity index (χ2n) is 4.43. The van der Waals surface area contributed by atoms with Crippen LogP contribution in [0.2, 0.25) is 0 Å². The first kappa shape index (κ1) is 13.0. The third kappa shape index (κ3) is 4.64. The van der Waals surface area contributed by atoms with Crippen LogP contribution in [0.25, 0.3) is 0 Å². The van der Waals surface area contributed by atoms with Gasteiger partial charge >= 0.3 is 6.03 Å². The Kier molecular flexibility index (Phi) is 5.90. The minimum Gasteiger partial charge on any atom is -0.326 e. The molecule has 4 nitrogen and oxygen atoms in total. The summed E-state index contributed by atoms with van der Waals surface area (Å²) in [6, 6.07) is -0.638. The van der Waals surface area contributed by atoms with Crippen LogP contribution in [-0.2, 0) is 4.79 Å². The minimum atomic E-state index is -0.349. The van der Waals surface area contributed by atoms with Crippen molar-refractivity contribution in [3.8, 4) is 0 Å². The van der Waals surface area contributed by atoms with Crippen molar-refractivity contribution in [2.75, 3.05) is 0 Å². The van der Waals surface area contributed by atoms with Gasteiger partial charge in [-0.05, 0) is 6.42 Å². The van der Waals surface area contributed by atoms with Crippen molar-refractivity contribution >= 4 is 11.9 Å². The molecule has 0 aromatic carbocycles. The van der Waals surface area contributed by atoms with Gasteiger partial charge in [-0.1, -0.05) is 51.9 Å². The van der Waals surface area contributed by atoms with Gasteiger partial charge in [-0.3, -0.25) is 10.1 Å². The average molecular weight is 226 g/mol. The smallest absolute Gasteiger partial charge is 0.322 e. The molecule has 1 unspecified atom stereocenters. The predicted molar refractivity (Wildman–Crippen MR) is 63.1 cm³/mol. The van der Waals surface area contributed by atoms with Gasteiger partial charge in [-0.15, -0.1) is 0 Å². The molecule has 16 heavy (non-hydrogen) atoms. The summed E-state index contributed by atoms with van der Waals surface area (Å²) in [5.74, 6) is -0.170. The monoisotopic (exact) mass is 226 g/mol. The molecule has 1 heterocycles. The zero-order valence-corrected chi connectivity index (χ0v) is 10.1. The standard InChI is InChI=1S/C12H22N2O2/c1-2-3-4-5-6-7-8-9-10-11(15)14-12(16)13-10/h10H,2-9H2,1H3,(H2,13,14,15,16). The summed E-state index contributed by atoms with van der Waals surface area (Å²) in [4.78, 5) is 22.0. The van der Waals surface area contributed by atoms with E-state index in [2.05, 4.69) is 17.6 Å². The van der Waals surface area contributed by atoms with Gasteiger partial charge in [-0.25, -0.2) is 4.79 Å². The molecule has 1 saturated heterocycles. The molecular formula is C12H22N2O2. The predicted octanol–water partition coefficient (Wildman–Crippen LogP) is 2.34. The van der Waals surface area contributed by atoms with Crippen molar-refractivity contribution in [3.63, 3.8) is 0 Å². The zero-order valence-electron chi connectivity index (χ0n) is 10.1. The van der Waals surface area contributed by atoms with E-state index in [0.717, 1.165) is 19.3 Å². The number of carbonyl (C=O) groups excluding carboxylic acids is 2. The van der Waals surface area contributed by atoms with Crippen molar-refractivity contribution < 1.29 is 9.59 Å². The maximum absolute atomic E-state index is 11.2. The summed E-state index contributed by atoms with van der Waals surface area (Å²) < 4.78 is 0. The Morgan fingerprint density at radius 3 is 2.19 bits per heavy atom. The maximum atomic E-state index is 11.2. The molecule has 1 fully saturated rings. The number of nitrogens with one attached hydrogen (secondary N) is 2. The average Bonchev–Trinajstić information content (AvgIpc) is 2.56. The SMILES string of the molecule is CCCCCCCCCC1NC(=O)NC1=O. The number of hydrogen-bond acceptors (Lipinski definition) is 2. The van der Waals surface area contributed by atoms with Crippen LogP contribution in [0.5, 0.6) is 0 Å². The summed E-state index contributed by atoms with van der Waals surface area (Å²) in [6.45, 7) is 2.21. The van der Waals surface area contributed by atoms with Crippen LogP contribution in [0.15, 0.2) is 0 Å². The quantitative estimate of drug-likeness (QED) is 0.493. The van der Waals surface area contributed by atoms with Crippen LogP contribution in [-0.4, -0.2) is 18.0 Å². The number of urea groups is 1. The van der Waals surface area contributed by atoms with Gasteiger partial charge in [0.15, 0.2) is 0 Å². The first-order valence-corrected chi connectivity index (χ1v) is 6.35. The molecule has 2 N–H and O–H groups in total. The van der Waals surface area contributed by atoms with E-state index in [0.29, 0.717) is 0 Å². The van der Waals surface area contributed by atoms with Crippen molar-refractivity contribution in [3.05, 3.63) is 0 Å². The summed E-state index contributed by atoms with van der Waals surface area (Å²) in [5.41, 5.74) is 0. The largest absolute Gasteiger partial charge is 0.326 e. The molecule has 0 aromatic heterocycles. The van der Waals surface area contributed by atoms with E-state index in [1.807, 2.05) is 0 Å². The minimum absolute atomic E-state index is 0.170. The third-order valence-electron chi connectivity index (χ3n) is 2.95. The number of amides is 3. The van der Waals surface area contributed by atoms with Crippen LogP contribution < -0.4 is 10.6 Å². The molecule has 1 rings (SSSR count). The third-order valence-corrected chi connectivity index (χ3v) is 2.95. The molecule has 0 spiro atoms. The lowest BCUT2D eigenvalue weighted by Crippen LogP contribution is -2.28. The summed E-state index contributed by atoms with van der Waals surface area (Å²) >= 11 is 0. The highest BCUT2D eigenvalue weighted by Crippen LogP contribution is 2.10. The second kappa shape index (κ2) is 7.25. The Morgan fingerprint density at radius 2 is 1.62 bits per heavy atom. The first-order valence-electron chi connectivity index (χ1n) is 6.35. The Morgan fingerprint density at radius 1 is 1.00 bits per heavy atom. The number of imide groups is 1. The molecule has 1 aliphatic heterocycles. The highest BCUT2D eigenvalue weighted by molar-refractivity contribution is 6.04. The van der Waals surface area contributed by atoms with Crippen molar-refractivity contribution in [2.24, 2.45) is 0 Å². The van der Waals surface area contributed by atoms with E-state index in [1.165, 1.54) is 32.1 Å². The van der Waals surface area contributed by atoms with Crippen LogP contribution in [0.4, 0.5) is 4.79 Å². The van der Waals surface area contributed by atoms with Gasteiger partial charge < -0.3 is 5.32 Å². The molecule has 0 aromatic rings. The van der Waals surface area contributed by atoms with Crippen LogP contribution in [0, 0.1) is 0 Å². The van der Waals surface area contributed by atoms with Crippen LogP contribution in [0.3, 0.4) is 0 Å². The zero-order chi connectivity index (χ0) is 11.8. The Bertz CT molecular complexity index is 241. The van der Waals surface area contributed by atoms with Crippen molar-refractivity contribution in [1.82, 2.24) is 10.6 Å². The van der Waals surface area contributed by atoms with E-state index < -0.39 is 0 Å². The van der Waals surface area contributed by atoms with Gasteiger partial charge in [0.2, 0.25) is 0 Å². The van der Waals surface area contributed by atoms with Crippen LogP contribution in [0.1, 0.15) is 58.3 Å². The lowest BCUT2D eigenvalue weighted by atomic mass is 10.1. The van der Waals surface area contributed by atoms with Crippen LogP contribution >= 0.6 is 0 Å². The Hall–Kier alpha value is -1.06. The highest BCUT2D eigenvalue weighted by atomic mass is 16.2. The molecule has 1 aliphatic rings. The topological polar surface area (TPSA) is 58.2 Å². The summed E-state index contributed by atoms with van der Waals surface area (Å²) in [6.07, 6.45) is 9.38. The normalized spacial score (nSPS) is 19.7. The van der Waals surface area contributed by atoms with E-state index >= 15 is 0 Å². The summed E-state index contributed by atoms with van der Waals surface area (Å²) in [5, 5.41) is 4.86. The Labute approximate surface area is 97.2 Å². The molecule has 0 aliphatic carbocycles. The molecule has 0 saturated carbocycles. The fourth-order valence-electron chi connectivity index (χ4n) is 1.97. The van der Waals surface area contributed by atoms with Crippen molar-refractivity contribution in [2.45, 2.75) is 64.3 Å². The molecule has 3 amide bonds. The summed E-state index contributed by atoms with van der Waals surface area (Å²) in [7, 11) is 0. The number of unbranched alkanes of at least 4 members (excludes halogenated alkanes) is 6. The van der Waals surface area contributed by atoms with E-state index in [9.17, 15) is 9.59 Å².